The number of para-hydroxylation sites is 1. The van der Waals surface area contributed by atoms with E-state index < -0.39 is 0 Å². The number of thiazole rings is 2. The van der Waals surface area contributed by atoms with Crippen LogP contribution in [0.1, 0.15) is 11.4 Å². The maximum absolute atomic E-state index is 12.1. The molecule has 0 aliphatic rings. The molecule has 0 spiro atoms. The summed E-state index contributed by atoms with van der Waals surface area (Å²) in [6.45, 7) is 1.84. The molecule has 132 valence electrons. The van der Waals surface area contributed by atoms with E-state index in [1.165, 1.54) is 29.2 Å². The van der Waals surface area contributed by atoms with Crippen LogP contribution in [-0.2, 0) is 16.1 Å². The molecule has 0 atom stereocenters. The average molecular weight is 404 g/mol. The Labute approximate surface area is 160 Å². The average Bonchev–Trinajstić information content (AvgIpc) is 3.21. The van der Waals surface area contributed by atoms with Crippen molar-refractivity contribution in [2.24, 2.45) is 0 Å². The van der Waals surface area contributed by atoms with E-state index in [0.717, 1.165) is 20.3 Å². The Bertz CT molecular complexity index is 1130. The number of aromatic nitrogens is 3. The highest BCUT2D eigenvalue weighted by atomic mass is 32.2. The largest absolute Gasteiger partial charge is 0.459 e. The zero-order valence-electron chi connectivity index (χ0n) is 13.7. The van der Waals surface area contributed by atoms with Crippen LogP contribution in [0.3, 0.4) is 0 Å². The van der Waals surface area contributed by atoms with Gasteiger partial charge in [0.05, 0.1) is 21.7 Å². The van der Waals surface area contributed by atoms with Crippen molar-refractivity contribution in [3.63, 3.8) is 0 Å². The van der Waals surface area contributed by atoms with Gasteiger partial charge in [0, 0.05) is 17.1 Å². The smallest absolute Gasteiger partial charge is 0.316 e. The van der Waals surface area contributed by atoms with Crippen molar-refractivity contribution in [2.45, 2.75) is 17.9 Å². The van der Waals surface area contributed by atoms with E-state index in [9.17, 15) is 9.59 Å². The maximum atomic E-state index is 12.1. The molecule has 0 radical (unpaired) electrons. The van der Waals surface area contributed by atoms with Crippen LogP contribution in [0.5, 0.6) is 0 Å². The predicted octanol–water partition coefficient (Wildman–Crippen LogP) is 3.51. The fourth-order valence-electron chi connectivity index (χ4n) is 2.40. The molecule has 4 rings (SSSR count). The summed E-state index contributed by atoms with van der Waals surface area (Å²) < 4.78 is 8.71. The first-order valence-corrected chi connectivity index (χ1v) is 10.4. The Balaban J connectivity index is 1.37. The highest BCUT2D eigenvalue weighted by molar-refractivity contribution is 8.01. The lowest BCUT2D eigenvalue weighted by atomic mass is 10.3. The monoisotopic (exact) mass is 403 g/mol. The molecule has 0 fully saturated rings. The van der Waals surface area contributed by atoms with E-state index in [4.69, 9.17) is 4.74 Å². The van der Waals surface area contributed by atoms with Gasteiger partial charge in [-0.3, -0.25) is 14.0 Å². The van der Waals surface area contributed by atoms with E-state index in [1.54, 1.807) is 15.7 Å². The number of benzene rings is 1. The molecule has 0 saturated heterocycles. The zero-order valence-corrected chi connectivity index (χ0v) is 16.1. The fourth-order valence-corrected chi connectivity index (χ4v) is 5.16. The molecule has 0 N–H and O–H groups in total. The van der Waals surface area contributed by atoms with Gasteiger partial charge in [0.25, 0.3) is 5.56 Å². The summed E-state index contributed by atoms with van der Waals surface area (Å²) in [5.74, 6) is -0.197. The Morgan fingerprint density at radius 3 is 3.00 bits per heavy atom. The first kappa shape index (κ1) is 17.2. The molecule has 9 heteroatoms. The number of carbonyl (C=O) groups excluding carboxylic acids is 1. The lowest BCUT2D eigenvalue weighted by Gasteiger charge is -2.04. The molecule has 0 saturated carbocycles. The molecule has 0 amide bonds. The molecule has 0 aliphatic heterocycles. The van der Waals surface area contributed by atoms with Crippen LogP contribution in [0.4, 0.5) is 0 Å². The quantitative estimate of drug-likeness (QED) is 0.375. The molecule has 4 aromatic rings. The SMILES string of the molecule is Cc1csc2nc(COC(=O)CSc3nc4ccccc4s3)cc(=O)n12. The molecule has 0 unspecified atom stereocenters. The molecule has 3 heterocycles. The lowest BCUT2D eigenvalue weighted by Crippen LogP contribution is -2.16. The first-order chi connectivity index (χ1) is 12.6. The molecular formula is C17H13N3O3S3. The van der Waals surface area contributed by atoms with E-state index in [-0.39, 0.29) is 23.9 Å². The van der Waals surface area contributed by atoms with Gasteiger partial charge < -0.3 is 4.74 Å². The predicted molar refractivity (Wildman–Crippen MR) is 104 cm³/mol. The van der Waals surface area contributed by atoms with Crippen LogP contribution in [0, 0.1) is 6.92 Å². The Morgan fingerprint density at radius 1 is 1.31 bits per heavy atom. The van der Waals surface area contributed by atoms with Gasteiger partial charge in [-0.1, -0.05) is 23.9 Å². The number of hydrogen-bond acceptors (Lipinski definition) is 8. The van der Waals surface area contributed by atoms with Crippen molar-refractivity contribution in [2.75, 3.05) is 5.75 Å². The van der Waals surface area contributed by atoms with Crippen molar-refractivity contribution in [1.29, 1.82) is 0 Å². The van der Waals surface area contributed by atoms with Crippen LogP contribution < -0.4 is 5.56 Å². The number of hydrogen-bond donors (Lipinski definition) is 0. The third-order valence-corrected chi connectivity index (χ3v) is 6.69. The van der Waals surface area contributed by atoms with Crippen LogP contribution >= 0.6 is 34.4 Å². The highest BCUT2D eigenvalue weighted by Crippen LogP contribution is 2.29. The lowest BCUT2D eigenvalue weighted by molar-refractivity contribution is -0.141. The summed E-state index contributed by atoms with van der Waals surface area (Å²) >= 11 is 4.28. The first-order valence-electron chi connectivity index (χ1n) is 7.71. The molecule has 3 aromatic heterocycles. The number of aryl methyl sites for hydroxylation is 1. The third-order valence-electron chi connectivity index (χ3n) is 3.60. The molecule has 6 nitrogen and oxygen atoms in total. The Hall–Kier alpha value is -2.23. The number of ether oxygens (including phenoxy) is 1. The summed E-state index contributed by atoms with van der Waals surface area (Å²) in [5, 5.41) is 1.87. The van der Waals surface area contributed by atoms with Crippen molar-refractivity contribution in [3.8, 4) is 0 Å². The normalized spacial score (nSPS) is 11.3. The van der Waals surface area contributed by atoms with E-state index in [0.29, 0.717) is 10.7 Å². The molecule has 0 aliphatic carbocycles. The minimum absolute atomic E-state index is 0.0120. The second-order valence-corrected chi connectivity index (χ2v) is 8.57. The minimum atomic E-state index is -0.362. The molecular weight excluding hydrogens is 390 g/mol. The second kappa shape index (κ2) is 7.18. The van der Waals surface area contributed by atoms with Gasteiger partial charge in [0.15, 0.2) is 9.30 Å². The van der Waals surface area contributed by atoms with Crippen LogP contribution in [0.15, 0.2) is 44.8 Å². The maximum Gasteiger partial charge on any atom is 0.316 e. The van der Waals surface area contributed by atoms with Crippen molar-refractivity contribution in [1.82, 2.24) is 14.4 Å². The fraction of sp³-hybridized carbons (Fsp3) is 0.176. The van der Waals surface area contributed by atoms with Crippen LogP contribution in [0.2, 0.25) is 0 Å². The van der Waals surface area contributed by atoms with Crippen molar-refractivity contribution < 1.29 is 9.53 Å². The third kappa shape index (κ3) is 3.50. The summed E-state index contributed by atoms with van der Waals surface area (Å²) in [7, 11) is 0. The van der Waals surface area contributed by atoms with Gasteiger partial charge in [-0.05, 0) is 19.1 Å². The number of thioether (sulfide) groups is 1. The molecule has 1 aromatic carbocycles. The second-order valence-electron chi connectivity index (χ2n) is 5.48. The topological polar surface area (TPSA) is 73.6 Å². The molecule has 26 heavy (non-hydrogen) atoms. The Morgan fingerprint density at radius 2 is 2.15 bits per heavy atom. The minimum Gasteiger partial charge on any atom is -0.459 e. The summed E-state index contributed by atoms with van der Waals surface area (Å²) in [6, 6.07) is 9.25. The van der Waals surface area contributed by atoms with Crippen molar-refractivity contribution >= 4 is 55.6 Å². The van der Waals surface area contributed by atoms with Gasteiger partial charge in [-0.2, -0.15) is 0 Å². The number of fused-ring (bicyclic) bond motifs is 2. The number of rotatable bonds is 5. The molecule has 0 bridgehead atoms. The Kier molecular flexibility index (Phi) is 4.75. The van der Waals surface area contributed by atoms with Crippen LogP contribution in [-0.4, -0.2) is 26.1 Å². The van der Waals surface area contributed by atoms with Gasteiger partial charge in [-0.25, -0.2) is 9.97 Å². The van der Waals surface area contributed by atoms with Gasteiger partial charge in [0.2, 0.25) is 0 Å². The summed E-state index contributed by atoms with van der Waals surface area (Å²) in [6.07, 6.45) is 0. The number of nitrogens with zero attached hydrogens (tertiary/aromatic N) is 3. The van der Waals surface area contributed by atoms with Gasteiger partial charge in [0.1, 0.15) is 6.61 Å². The van der Waals surface area contributed by atoms with Crippen LogP contribution in [0.25, 0.3) is 15.2 Å². The van der Waals surface area contributed by atoms with E-state index in [2.05, 4.69) is 9.97 Å². The van der Waals surface area contributed by atoms with Gasteiger partial charge in [-0.15, -0.1) is 22.7 Å². The van der Waals surface area contributed by atoms with E-state index >= 15 is 0 Å². The van der Waals surface area contributed by atoms with Crippen molar-refractivity contribution in [3.05, 3.63) is 57.5 Å². The summed E-state index contributed by atoms with van der Waals surface area (Å²) in [5.41, 5.74) is 2.06. The highest BCUT2D eigenvalue weighted by Gasteiger charge is 2.11. The standard InChI is InChI=1S/C17H13N3O3S3/c1-10-8-24-16-18-11(6-14(21)20(10)16)7-23-15(22)9-25-17-19-12-4-2-3-5-13(12)26-17/h2-6,8H,7,9H2,1H3. The van der Waals surface area contributed by atoms with E-state index in [1.807, 2.05) is 36.6 Å². The number of carbonyl (C=O) groups is 1. The zero-order chi connectivity index (χ0) is 18.1. The number of esters is 1. The summed E-state index contributed by atoms with van der Waals surface area (Å²) in [4.78, 5) is 33.5. The van der Waals surface area contributed by atoms with Gasteiger partial charge >= 0.3 is 5.97 Å².